The van der Waals surface area contributed by atoms with E-state index in [1.165, 1.54) is 0 Å². The van der Waals surface area contributed by atoms with Crippen LogP contribution in [0, 0.1) is 23.7 Å². The van der Waals surface area contributed by atoms with Crippen LogP contribution in [0.2, 0.25) is 0 Å². The van der Waals surface area contributed by atoms with Crippen molar-refractivity contribution < 1.29 is 16.8 Å². The zero-order chi connectivity index (χ0) is 16.7. The number of hydrogen-bond acceptors (Lipinski definition) is 4. The first-order valence-electron chi connectivity index (χ1n) is 8.20. The summed E-state index contributed by atoms with van der Waals surface area (Å²) in [6.07, 6.45) is 1.78. The van der Waals surface area contributed by atoms with Gasteiger partial charge in [-0.3, -0.25) is 0 Å². The van der Waals surface area contributed by atoms with Crippen LogP contribution in [-0.2, 0) is 19.7 Å². The van der Waals surface area contributed by atoms with Crippen LogP contribution in [0.5, 0.6) is 0 Å². The summed E-state index contributed by atoms with van der Waals surface area (Å²) in [4.78, 5) is 0. The van der Waals surface area contributed by atoms with Crippen LogP contribution in [0.4, 0.5) is 0 Å². The summed E-state index contributed by atoms with van der Waals surface area (Å²) in [6, 6.07) is 0. The summed E-state index contributed by atoms with van der Waals surface area (Å²) in [6.45, 7) is 10.3. The summed E-state index contributed by atoms with van der Waals surface area (Å²) < 4.78 is 49.6. The van der Waals surface area contributed by atoms with E-state index in [0.29, 0.717) is 0 Å². The standard InChI is InChI=1S/C16H26O4S2/c1-13(2,3)21(17,18)15-9-7-8-10-12(11(9)15)16(10,15)22(19,20)14(4,5)6/h9-12H,7-8H2,1-6H3. The van der Waals surface area contributed by atoms with Gasteiger partial charge in [-0.2, -0.15) is 0 Å². The van der Waals surface area contributed by atoms with E-state index in [1.807, 2.05) is 0 Å². The number of sulfone groups is 2. The van der Waals surface area contributed by atoms with Crippen LogP contribution in [0.3, 0.4) is 0 Å². The van der Waals surface area contributed by atoms with Gasteiger partial charge >= 0.3 is 0 Å². The van der Waals surface area contributed by atoms with Crippen LogP contribution in [0.15, 0.2) is 0 Å². The molecule has 0 saturated heterocycles. The molecule has 0 heterocycles. The van der Waals surface area contributed by atoms with E-state index >= 15 is 0 Å². The number of hydrogen-bond donors (Lipinski definition) is 0. The molecule has 6 heteroatoms. The Morgan fingerprint density at radius 1 is 0.682 bits per heavy atom. The lowest BCUT2D eigenvalue weighted by Gasteiger charge is -2.43. The van der Waals surface area contributed by atoms with Gasteiger partial charge in [0.15, 0.2) is 19.7 Å². The van der Waals surface area contributed by atoms with Crippen LogP contribution < -0.4 is 0 Å². The second-order valence-electron chi connectivity index (χ2n) is 9.66. The molecule has 0 aromatic rings. The molecule has 0 N–H and O–H groups in total. The fraction of sp³-hybridized carbons (Fsp3) is 1.00. The summed E-state index contributed by atoms with van der Waals surface area (Å²) in [5, 5.41) is 0. The molecule has 5 aliphatic rings. The van der Waals surface area contributed by atoms with Crippen LogP contribution >= 0.6 is 0 Å². The molecule has 0 aliphatic heterocycles. The minimum absolute atomic E-state index is 0.0869. The van der Waals surface area contributed by atoms with Crippen molar-refractivity contribution in [1.29, 1.82) is 0 Å². The van der Waals surface area contributed by atoms with Gasteiger partial charge in [0.1, 0.15) is 0 Å². The van der Waals surface area contributed by atoms with Crippen molar-refractivity contribution >= 4 is 19.7 Å². The Labute approximate surface area is 133 Å². The maximum Gasteiger partial charge on any atom is 0.163 e. The molecule has 0 radical (unpaired) electrons. The molecule has 22 heavy (non-hydrogen) atoms. The molecule has 126 valence electrons. The Hall–Kier alpha value is -0.100. The van der Waals surface area contributed by atoms with Gasteiger partial charge in [-0.15, -0.1) is 0 Å². The predicted molar refractivity (Wildman–Crippen MR) is 86.0 cm³/mol. The van der Waals surface area contributed by atoms with E-state index in [-0.39, 0.29) is 23.7 Å². The van der Waals surface area contributed by atoms with E-state index in [2.05, 4.69) is 0 Å². The zero-order valence-corrected chi connectivity index (χ0v) is 15.8. The minimum Gasteiger partial charge on any atom is -0.228 e. The van der Waals surface area contributed by atoms with Crippen molar-refractivity contribution in [1.82, 2.24) is 0 Å². The van der Waals surface area contributed by atoms with Crippen molar-refractivity contribution in [2.45, 2.75) is 73.4 Å². The Kier molecular flexibility index (Phi) is 2.33. The van der Waals surface area contributed by atoms with E-state index in [9.17, 15) is 16.8 Å². The molecule has 5 aliphatic carbocycles. The fourth-order valence-electron chi connectivity index (χ4n) is 6.30. The maximum atomic E-state index is 13.3. The van der Waals surface area contributed by atoms with Crippen molar-refractivity contribution in [2.24, 2.45) is 23.7 Å². The quantitative estimate of drug-likeness (QED) is 0.768. The van der Waals surface area contributed by atoms with Gasteiger partial charge in [0.05, 0.1) is 19.0 Å². The number of rotatable bonds is 2. The molecule has 6 atom stereocenters. The molecule has 0 spiro atoms. The van der Waals surface area contributed by atoms with Crippen LogP contribution in [0.25, 0.3) is 0 Å². The molecule has 5 fully saturated rings. The monoisotopic (exact) mass is 346 g/mol. The summed E-state index contributed by atoms with van der Waals surface area (Å²) in [5.41, 5.74) is 0. The van der Waals surface area contributed by atoms with Crippen molar-refractivity contribution in [2.75, 3.05) is 0 Å². The average Bonchev–Trinajstić information content (AvgIpc) is 3.09. The highest BCUT2D eigenvalue weighted by Crippen LogP contribution is 2.97. The minimum atomic E-state index is -3.48. The highest BCUT2D eigenvalue weighted by atomic mass is 32.2. The first-order chi connectivity index (χ1) is 9.72. The molecule has 5 rings (SSSR count). The van der Waals surface area contributed by atoms with Crippen LogP contribution in [-0.4, -0.2) is 35.8 Å². The smallest absolute Gasteiger partial charge is 0.163 e. The molecule has 6 unspecified atom stereocenters. The third kappa shape index (κ3) is 1.06. The Bertz CT molecular complexity index is 695. The van der Waals surface area contributed by atoms with Gasteiger partial charge in [0, 0.05) is 0 Å². The lowest BCUT2D eigenvalue weighted by molar-refractivity contribution is 0.417. The van der Waals surface area contributed by atoms with Gasteiger partial charge in [-0.05, 0) is 78.1 Å². The van der Waals surface area contributed by atoms with Gasteiger partial charge in [0.2, 0.25) is 0 Å². The molecule has 0 amide bonds. The lowest BCUT2D eigenvalue weighted by atomic mass is 9.98. The molecular formula is C16H26O4S2. The first kappa shape index (κ1) is 15.4. The molecule has 5 saturated carbocycles. The second-order valence-corrected chi connectivity index (χ2v) is 15.5. The summed E-state index contributed by atoms with van der Waals surface area (Å²) in [5.74, 6) is 0.410. The van der Waals surface area contributed by atoms with Gasteiger partial charge < -0.3 is 0 Å². The van der Waals surface area contributed by atoms with E-state index in [4.69, 9.17) is 0 Å². The topological polar surface area (TPSA) is 68.3 Å². The molecule has 2 bridgehead atoms. The van der Waals surface area contributed by atoms with E-state index in [1.54, 1.807) is 41.5 Å². The van der Waals surface area contributed by atoms with E-state index in [0.717, 1.165) is 12.8 Å². The second kappa shape index (κ2) is 3.32. The van der Waals surface area contributed by atoms with Gasteiger partial charge in [-0.1, -0.05) is 0 Å². The summed E-state index contributed by atoms with van der Waals surface area (Å²) in [7, 11) is -6.97. The largest absolute Gasteiger partial charge is 0.228 e. The van der Waals surface area contributed by atoms with Gasteiger partial charge in [-0.25, -0.2) is 16.8 Å². The Morgan fingerprint density at radius 3 is 1.14 bits per heavy atom. The SMILES string of the molecule is CC(C)(C)S(=O)(=O)C12C3CCC4C(C31)C42S(=O)(=O)C(C)(C)C. The zero-order valence-electron chi connectivity index (χ0n) is 14.2. The lowest BCUT2D eigenvalue weighted by Crippen LogP contribution is -2.62. The first-order valence-corrected chi connectivity index (χ1v) is 11.2. The molecule has 0 aromatic heterocycles. The highest BCUT2D eigenvalue weighted by molar-refractivity contribution is 7.99. The molecular weight excluding hydrogens is 320 g/mol. The maximum absolute atomic E-state index is 13.3. The van der Waals surface area contributed by atoms with Crippen molar-refractivity contribution in [3.63, 3.8) is 0 Å². The van der Waals surface area contributed by atoms with Crippen molar-refractivity contribution in [3.8, 4) is 0 Å². The Balaban J connectivity index is 1.95. The van der Waals surface area contributed by atoms with Crippen molar-refractivity contribution in [3.05, 3.63) is 0 Å². The number of fused-ring (bicyclic) bond motifs is 1. The third-order valence-electron chi connectivity index (χ3n) is 7.03. The fourth-order valence-corrected chi connectivity index (χ4v) is 12.9. The third-order valence-corrected chi connectivity index (χ3v) is 14.0. The van der Waals surface area contributed by atoms with Gasteiger partial charge in [0.25, 0.3) is 0 Å². The Morgan fingerprint density at radius 2 is 0.955 bits per heavy atom. The molecule has 0 aromatic carbocycles. The van der Waals surface area contributed by atoms with E-state index < -0.39 is 38.7 Å². The summed E-state index contributed by atoms with van der Waals surface area (Å²) >= 11 is 0. The predicted octanol–water partition coefficient (Wildman–Crippen LogP) is 2.19. The normalized spacial score (nSPS) is 49.2. The highest BCUT2D eigenvalue weighted by Gasteiger charge is 3.08. The average molecular weight is 347 g/mol. The van der Waals surface area contributed by atoms with Crippen LogP contribution in [0.1, 0.15) is 54.4 Å². The molecule has 4 nitrogen and oxygen atoms in total.